The van der Waals surface area contributed by atoms with E-state index in [1.165, 1.54) is 0 Å². The van der Waals surface area contributed by atoms with Crippen LogP contribution in [0.4, 0.5) is 5.82 Å². The number of rotatable bonds is 3. The zero-order chi connectivity index (χ0) is 13.1. The van der Waals surface area contributed by atoms with Gasteiger partial charge in [0.15, 0.2) is 5.78 Å². The van der Waals surface area contributed by atoms with Crippen molar-refractivity contribution in [1.29, 1.82) is 0 Å². The van der Waals surface area contributed by atoms with Gasteiger partial charge in [-0.25, -0.2) is 4.98 Å². The van der Waals surface area contributed by atoms with Gasteiger partial charge in [0.2, 0.25) is 0 Å². The quantitative estimate of drug-likeness (QED) is 0.853. The van der Waals surface area contributed by atoms with Crippen molar-refractivity contribution in [1.82, 2.24) is 4.98 Å². The third-order valence-electron chi connectivity index (χ3n) is 3.13. The van der Waals surface area contributed by atoms with Gasteiger partial charge in [-0.15, -0.1) is 0 Å². The molecule has 0 amide bonds. The molecule has 0 radical (unpaired) electrons. The van der Waals surface area contributed by atoms with E-state index < -0.39 is 0 Å². The van der Waals surface area contributed by atoms with Crippen molar-refractivity contribution in [3.05, 3.63) is 59.8 Å². The summed E-state index contributed by atoms with van der Waals surface area (Å²) in [6, 6.07) is 13.0. The molecular formula is C15H13N3O. The lowest BCUT2D eigenvalue weighted by atomic mass is 9.98. The van der Waals surface area contributed by atoms with Crippen LogP contribution in [-0.4, -0.2) is 17.1 Å². The van der Waals surface area contributed by atoms with E-state index in [1.807, 2.05) is 42.5 Å². The van der Waals surface area contributed by atoms with Crippen LogP contribution in [-0.2, 0) is 0 Å². The summed E-state index contributed by atoms with van der Waals surface area (Å²) in [5.41, 5.74) is 1.69. The van der Waals surface area contributed by atoms with E-state index in [1.54, 1.807) is 12.5 Å². The van der Waals surface area contributed by atoms with Gasteiger partial charge >= 0.3 is 0 Å². The van der Waals surface area contributed by atoms with Crippen molar-refractivity contribution in [2.45, 2.75) is 12.5 Å². The summed E-state index contributed by atoms with van der Waals surface area (Å²) in [6.07, 6.45) is 3.69. The Balaban J connectivity index is 1.82. The van der Waals surface area contributed by atoms with Crippen LogP contribution in [0.25, 0.3) is 0 Å². The monoisotopic (exact) mass is 251 g/mol. The fourth-order valence-corrected chi connectivity index (χ4v) is 2.16. The highest BCUT2D eigenvalue weighted by atomic mass is 16.1. The first-order valence-electron chi connectivity index (χ1n) is 6.16. The van der Waals surface area contributed by atoms with Gasteiger partial charge in [0.1, 0.15) is 5.82 Å². The molecule has 1 atom stereocenters. The first-order valence-corrected chi connectivity index (χ1v) is 6.16. The Morgan fingerprint density at radius 2 is 2.00 bits per heavy atom. The Bertz CT molecular complexity index is 622. The molecule has 4 heteroatoms. The number of fused-ring (bicyclic) bond motifs is 1. The second-order valence-corrected chi connectivity index (χ2v) is 4.37. The lowest BCUT2D eigenvalue weighted by molar-refractivity contribution is 0.0974. The van der Waals surface area contributed by atoms with Gasteiger partial charge in [0.05, 0.1) is 12.4 Å². The van der Waals surface area contributed by atoms with Crippen molar-refractivity contribution >= 4 is 17.9 Å². The maximum absolute atomic E-state index is 12.2. The molecule has 0 spiro atoms. The number of nitrogens with zero attached hydrogens (tertiary/aromatic N) is 2. The van der Waals surface area contributed by atoms with Crippen LogP contribution in [0.15, 0.2) is 53.7 Å². The van der Waals surface area contributed by atoms with Crippen LogP contribution in [0.1, 0.15) is 28.4 Å². The average Bonchev–Trinajstić information content (AvgIpc) is 2.48. The highest BCUT2D eigenvalue weighted by molar-refractivity contribution is 5.97. The van der Waals surface area contributed by atoms with E-state index in [-0.39, 0.29) is 11.8 Å². The van der Waals surface area contributed by atoms with E-state index in [9.17, 15) is 4.79 Å². The highest BCUT2D eigenvalue weighted by Crippen LogP contribution is 2.29. The van der Waals surface area contributed by atoms with Crippen molar-refractivity contribution in [2.75, 3.05) is 5.32 Å². The number of nitrogens with one attached hydrogen (secondary N) is 1. The average molecular weight is 251 g/mol. The molecule has 1 aliphatic rings. The molecule has 0 saturated heterocycles. The molecule has 1 unspecified atom stereocenters. The molecule has 0 saturated carbocycles. The fraction of sp³-hybridized carbons (Fsp3) is 0.133. The summed E-state index contributed by atoms with van der Waals surface area (Å²) in [7, 11) is 0. The number of Topliss-reactive ketones (excluding diaryl/α,β-unsaturated/α-hetero) is 1. The van der Waals surface area contributed by atoms with Gasteiger partial charge in [-0.2, -0.15) is 0 Å². The van der Waals surface area contributed by atoms with Gasteiger partial charge in [-0.1, -0.05) is 36.4 Å². The molecule has 1 N–H and O–H groups in total. The predicted octanol–water partition coefficient (Wildman–Crippen LogP) is 2.85. The number of hydrogen-bond donors (Lipinski definition) is 1. The molecule has 94 valence electrons. The summed E-state index contributed by atoms with van der Waals surface area (Å²) < 4.78 is 0. The molecule has 19 heavy (non-hydrogen) atoms. The lowest BCUT2D eigenvalue weighted by Crippen LogP contribution is -2.14. The zero-order valence-electron chi connectivity index (χ0n) is 10.3. The molecule has 0 fully saturated rings. The normalized spacial score (nSPS) is 16.5. The zero-order valence-corrected chi connectivity index (χ0v) is 10.3. The number of benzene rings is 1. The summed E-state index contributed by atoms with van der Waals surface area (Å²) in [6.45, 7) is 0. The topological polar surface area (TPSA) is 54.4 Å². The van der Waals surface area contributed by atoms with E-state index in [2.05, 4.69) is 15.3 Å². The van der Waals surface area contributed by atoms with Crippen LogP contribution >= 0.6 is 0 Å². The third-order valence-corrected chi connectivity index (χ3v) is 3.13. The summed E-state index contributed by atoms with van der Waals surface area (Å²) in [5.74, 6) is 0.878. The lowest BCUT2D eigenvalue weighted by Gasteiger charge is -2.19. The Labute approximate surface area is 111 Å². The third kappa shape index (κ3) is 2.38. The van der Waals surface area contributed by atoms with Crippen LogP contribution in [0.3, 0.4) is 0 Å². The molecular weight excluding hydrogens is 238 g/mol. The number of aromatic nitrogens is 1. The largest absolute Gasteiger partial charge is 0.331 e. The second-order valence-electron chi connectivity index (χ2n) is 4.37. The van der Waals surface area contributed by atoms with Crippen molar-refractivity contribution in [3.8, 4) is 0 Å². The molecule has 1 aromatic heterocycles. The second kappa shape index (κ2) is 5.02. The Morgan fingerprint density at radius 1 is 1.16 bits per heavy atom. The predicted molar refractivity (Wildman–Crippen MR) is 74.5 cm³/mol. The first kappa shape index (κ1) is 11.6. The first-order chi connectivity index (χ1) is 9.34. The number of carbonyl (C=O) groups is 1. The fourth-order valence-electron chi connectivity index (χ4n) is 2.16. The molecule has 3 rings (SSSR count). The van der Waals surface area contributed by atoms with Gasteiger partial charge < -0.3 is 5.32 Å². The number of hydrogen-bond acceptors (Lipinski definition) is 4. The minimum atomic E-state index is -0.155. The van der Waals surface area contributed by atoms with Gasteiger partial charge in [-0.3, -0.25) is 9.79 Å². The molecule has 4 nitrogen and oxygen atoms in total. The van der Waals surface area contributed by atoms with E-state index in [0.29, 0.717) is 6.42 Å². The molecule has 2 aromatic rings. The number of aliphatic imine (C=N–C) groups is 1. The molecule has 2 heterocycles. The maximum atomic E-state index is 12.2. The smallest absolute Gasteiger partial charge is 0.165 e. The summed E-state index contributed by atoms with van der Waals surface area (Å²) in [5, 5.41) is 2.99. The van der Waals surface area contributed by atoms with Gasteiger partial charge in [-0.05, 0) is 6.07 Å². The van der Waals surface area contributed by atoms with Gasteiger partial charge in [0.25, 0.3) is 0 Å². The highest BCUT2D eigenvalue weighted by Gasteiger charge is 2.21. The minimum Gasteiger partial charge on any atom is -0.331 e. The van der Waals surface area contributed by atoms with Crippen LogP contribution in [0, 0.1) is 0 Å². The molecule has 0 aliphatic carbocycles. The molecule has 1 aromatic carbocycles. The molecule has 0 bridgehead atoms. The number of carbonyl (C=O) groups excluding carboxylic acids is 1. The van der Waals surface area contributed by atoms with Crippen molar-refractivity contribution in [3.63, 3.8) is 0 Å². The Hall–Kier alpha value is -2.49. The van der Waals surface area contributed by atoms with Crippen LogP contribution < -0.4 is 5.32 Å². The van der Waals surface area contributed by atoms with E-state index >= 15 is 0 Å². The minimum absolute atomic E-state index is 0.0967. The SMILES string of the molecule is O=C(CC1N=CNc2ncccc21)c1ccccc1. The number of ketones is 1. The summed E-state index contributed by atoms with van der Waals surface area (Å²) in [4.78, 5) is 20.8. The Kier molecular flexibility index (Phi) is 3.06. The number of anilines is 1. The van der Waals surface area contributed by atoms with E-state index in [0.717, 1.165) is 16.9 Å². The van der Waals surface area contributed by atoms with Crippen molar-refractivity contribution < 1.29 is 4.79 Å². The van der Waals surface area contributed by atoms with E-state index in [4.69, 9.17) is 0 Å². The summed E-state index contributed by atoms with van der Waals surface area (Å²) >= 11 is 0. The standard InChI is InChI=1S/C15H13N3O/c19-14(11-5-2-1-3-6-11)9-13-12-7-4-8-16-15(12)18-10-17-13/h1-8,10,13H,9H2,(H,16,17,18). The number of pyridine rings is 1. The Morgan fingerprint density at radius 3 is 2.84 bits per heavy atom. The maximum Gasteiger partial charge on any atom is 0.165 e. The van der Waals surface area contributed by atoms with Crippen LogP contribution in [0.2, 0.25) is 0 Å². The molecule has 1 aliphatic heterocycles. The van der Waals surface area contributed by atoms with Gasteiger partial charge in [0, 0.05) is 23.7 Å². The van der Waals surface area contributed by atoms with Crippen LogP contribution in [0.5, 0.6) is 0 Å². The van der Waals surface area contributed by atoms with Crippen molar-refractivity contribution in [2.24, 2.45) is 4.99 Å².